The molecular weight excluding hydrogens is 165 g/mol. The monoisotopic (exact) mass is 175 g/mol. The molecule has 60 valence electrons. The van der Waals surface area contributed by atoms with Gasteiger partial charge in [0, 0.05) is 11.0 Å². The van der Waals surface area contributed by atoms with E-state index in [1.165, 1.54) is 10.8 Å². The molecule has 2 aromatic carbocycles. The second-order valence-corrected chi connectivity index (χ2v) is 3.37. The van der Waals surface area contributed by atoms with Crippen molar-refractivity contribution in [3.05, 3.63) is 36.4 Å². The normalized spacial score (nSPS) is 10.4. The van der Waals surface area contributed by atoms with E-state index in [0.717, 1.165) is 11.0 Å². The lowest BCUT2D eigenvalue weighted by Gasteiger charge is -2.03. The maximum Gasteiger partial charge on any atom is 0.0393 e. The van der Waals surface area contributed by atoms with Gasteiger partial charge >= 0.3 is 0 Å². The van der Waals surface area contributed by atoms with Crippen molar-refractivity contribution in [1.82, 2.24) is 0 Å². The molecule has 2 N–H and O–H groups in total. The van der Waals surface area contributed by atoms with Crippen molar-refractivity contribution in [2.45, 2.75) is 0 Å². The number of rotatable bonds is 0. The summed E-state index contributed by atoms with van der Waals surface area (Å²) in [4.78, 5) is 0. The Balaban J connectivity index is 2.91. The molecule has 1 atom stereocenters. The van der Waals surface area contributed by atoms with Crippen LogP contribution in [0.1, 0.15) is 0 Å². The van der Waals surface area contributed by atoms with Gasteiger partial charge < -0.3 is 5.73 Å². The topological polar surface area (TPSA) is 26.0 Å². The maximum atomic E-state index is 5.77. The Hall–Kier alpha value is -1.07. The van der Waals surface area contributed by atoms with E-state index in [0.29, 0.717) is 0 Å². The van der Waals surface area contributed by atoms with Gasteiger partial charge in [0.05, 0.1) is 0 Å². The number of benzene rings is 2. The lowest BCUT2D eigenvalue weighted by Crippen LogP contribution is -2.01. The summed E-state index contributed by atoms with van der Waals surface area (Å²) >= 11 is 0. The third kappa shape index (κ3) is 1.07. The molecule has 0 radical (unpaired) electrons. The van der Waals surface area contributed by atoms with Crippen molar-refractivity contribution in [2.24, 2.45) is 0 Å². The molecule has 0 saturated heterocycles. The molecule has 0 spiro atoms. The first-order valence-electron chi connectivity index (χ1n) is 3.82. The van der Waals surface area contributed by atoms with Crippen LogP contribution in [0.15, 0.2) is 36.4 Å². The van der Waals surface area contributed by atoms with Crippen LogP contribution < -0.4 is 11.0 Å². The van der Waals surface area contributed by atoms with Crippen LogP contribution in [-0.4, -0.2) is 0 Å². The Bertz CT molecular complexity index is 423. The fourth-order valence-corrected chi connectivity index (χ4v) is 1.67. The van der Waals surface area contributed by atoms with Crippen molar-refractivity contribution >= 4 is 31.0 Å². The number of fused-ring (bicyclic) bond motifs is 1. The number of nitrogen functional groups attached to an aromatic ring is 1. The Morgan fingerprint density at radius 2 is 1.75 bits per heavy atom. The third-order valence-corrected chi connectivity index (χ3v) is 2.65. The van der Waals surface area contributed by atoms with Crippen LogP contribution in [0.2, 0.25) is 0 Å². The van der Waals surface area contributed by atoms with E-state index >= 15 is 0 Å². The maximum absolute atomic E-state index is 5.77. The molecular formula is C10H10NP. The predicted octanol–water partition coefficient (Wildman–Crippen LogP) is 1.92. The van der Waals surface area contributed by atoms with Crippen molar-refractivity contribution in [2.75, 3.05) is 5.73 Å². The molecule has 12 heavy (non-hydrogen) atoms. The van der Waals surface area contributed by atoms with Gasteiger partial charge in [-0.25, -0.2) is 0 Å². The quantitative estimate of drug-likeness (QED) is 0.480. The number of nitrogens with two attached hydrogens (primary N) is 1. The molecule has 0 heterocycles. The van der Waals surface area contributed by atoms with Gasteiger partial charge in [-0.15, -0.1) is 9.24 Å². The molecule has 0 saturated carbocycles. The third-order valence-electron chi connectivity index (χ3n) is 2.00. The Kier molecular flexibility index (Phi) is 1.74. The summed E-state index contributed by atoms with van der Waals surface area (Å²) in [5.74, 6) is 0. The first-order valence-corrected chi connectivity index (χ1v) is 4.39. The first-order chi connectivity index (χ1) is 5.79. The molecule has 0 amide bonds. The summed E-state index contributed by atoms with van der Waals surface area (Å²) in [5, 5.41) is 3.53. The van der Waals surface area contributed by atoms with Crippen LogP contribution in [-0.2, 0) is 0 Å². The summed E-state index contributed by atoms with van der Waals surface area (Å²) in [5.41, 5.74) is 6.60. The number of hydrogen-bond acceptors (Lipinski definition) is 1. The van der Waals surface area contributed by atoms with Gasteiger partial charge in [-0.2, -0.15) is 0 Å². The van der Waals surface area contributed by atoms with Crippen molar-refractivity contribution in [1.29, 1.82) is 0 Å². The highest BCUT2D eigenvalue weighted by Gasteiger charge is 1.98. The van der Waals surface area contributed by atoms with E-state index in [1.807, 2.05) is 24.3 Å². The second-order valence-electron chi connectivity index (χ2n) is 2.79. The van der Waals surface area contributed by atoms with Gasteiger partial charge in [0.25, 0.3) is 0 Å². The lowest BCUT2D eigenvalue weighted by molar-refractivity contribution is 1.76. The summed E-state index contributed by atoms with van der Waals surface area (Å²) in [6.07, 6.45) is 0. The average molecular weight is 175 g/mol. The zero-order valence-electron chi connectivity index (χ0n) is 6.62. The molecule has 0 aromatic heterocycles. The van der Waals surface area contributed by atoms with E-state index in [1.54, 1.807) is 0 Å². The van der Waals surface area contributed by atoms with E-state index in [9.17, 15) is 0 Å². The van der Waals surface area contributed by atoms with E-state index in [-0.39, 0.29) is 0 Å². The van der Waals surface area contributed by atoms with Crippen LogP contribution in [0, 0.1) is 0 Å². The molecule has 0 fully saturated rings. The molecule has 2 rings (SSSR count). The highest BCUT2D eigenvalue weighted by molar-refractivity contribution is 7.29. The molecule has 2 heteroatoms. The minimum Gasteiger partial charge on any atom is -0.398 e. The van der Waals surface area contributed by atoms with Crippen molar-refractivity contribution in [3.63, 3.8) is 0 Å². The van der Waals surface area contributed by atoms with E-state index < -0.39 is 0 Å². The minimum atomic E-state index is 0.832. The highest BCUT2D eigenvalue weighted by Crippen LogP contribution is 2.16. The fraction of sp³-hybridized carbons (Fsp3) is 0. The van der Waals surface area contributed by atoms with Gasteiger partial charge in [-0.05, 0) is 16.8 Å². The summed E-state index contributed by atoms with van der Waals surface area (Å²) in [7, 11) is 2.68. The fourth-order valence-electron chi connectivity index (χ4n) is 1.31. The van der Waals surface area contributed by atoms with E-state index in [2.05, 4.69) is 21.4 Å². The van der Waals surface area contributed by atoms with Crippen LogP contribution in [0.3, 0.4) is 0 Å². The minimum absolute atomic E-state index is 0.832. The number of anilines is 1. The first kappa shape index (κ1) is 7.57. The molecule has 0 bridgehead atoms. The zero-order chi connectivity index (χ0) is 8.55. The standard InChI is InChI=1S/C10H10NP/c11-9-6-5-7-3-1-2-4-8(7)10(9)12/h1-6H,11-12H2. The van der Waals surface area contributed by atoms with Gasteiger partial charge in [0.1, 0.15) is 0 Å². The smallest absolute Gasteiger partial charge is 0.0393 e. The summed E-state index contributed by atoms with van der Waals surface area (Å²) in [6.45, 7) is 0. The predicted molar refractivity (Wildman–Crippen MR) is 57.7 cm³/mol. The molecule has 1 nitrogen and oxygen atoms in total. The van der Waals surface area contributed by atoms with Gasteiger partial charge in [0.15, 0.2) is 0 Å². The Labute approximate surface area is 73.8 Å². The molecule has 2 aromatic rings. The van der Waals surface area contributed by atoms with Crippen LogP contribution >= 0.6 is 9.24 Å². The Morgan fingerprint density at radius 3 is 2.58 bits per heavy atom. The van der Waals surface area contributed by atoms with Crippen LogP contribution in [0.25, 0.3) is 10.8 Å². The zero-order valence-corrected chi connectivity index (χ0v) is 7.77. The number of hydrogen-bond donors (Lipinski definition) is 1. The van der Waals surface area contributed by atoms with Crippen LogP contribution in [0.5, 0.6) is 0 Å². The van der Waals surface area contributed by atoms with Crippen LogP contribution in [0.4, 0.5) is 5.69 Å². The van der Waals surface area contributed by atoms with Crippen molar-refractivity contribution < 1.29 is 0 Å². The second kappa shape index (κ2) is 2.76. The average Bonchev–Trinajstić information content (AvgIpc) is 2.12. The van der Waals surface area contributed by atoms with Crippen molar-refractivity contribution in [3.8, 4) is 0 Å². The molecule has 0 aliphatic heterocycles. The lowest BCUT2D eigenvalue weighted by atomic mass is 10.1. The largest absolute Gasteiger partial charge is 0.398 e. The SMILES string of the molecule is Nc1ccc2ccccc2c1P. The molecule has 0 aliphatic rings. The summed E-state index contributed by atoms with van der Waals surface area (Å²) < 4.78 is 0. The van der Waals surface area contributed by atoms with Gasteiger partial charge in [0.2, 0.25) is 0 Å². The highest BCUT2D eigenvalue weighted by atomic mass is 31.0. The van der Waals surface area contributed by atoms with Gasteiger partial charge in [-0.1, -0.05) is 30.3 Å². The summed E-state index contributed by atoms with van der Waals surface area (Å²) in [6, 6.07) is 12.2. The molecule has 0 aliphatic carbocycles. The van der Waals surface area contributed by atoms with Gasteiger partial charge in [-0.3, -0.25) is 0 Å². The Morgan fingerprint density at radius 1 is 1.00 bits per heavy atom. The van der Waals surface area contributed by atoms with E-state index in [4.69, 9.17) is 5.73 Å². The molecule has 1 unspecified atom stereocenters.